The van der Waals surface area contributed by atoms with Gasteiger partial charge >= 0.3 is 0 Å². The van der Waals surface area contributed by atoms with Crippen molar-refractivity contribution in [1.82, 2.24) is 9.80 Å². The van der Waals surface area contributed by atoms with E-state index in [-0.39, 0.29) is 23.8 Å². The Morgan fingerprint density at radius 3 is 2.52 bits per heavy atom. The number of carbonyl (C=O) groups excluding carboxylic acids is 2. The molecule has 0 aromatic heterocycles. The summed E-state index contributed by atoms with van der Waals surface area (Å²) in [5.41, 5.74) is 0.706. The molecule has 2 atom stereocenters. The first-order valence-corrected chi connectivity index (χ1v) is 7.36. The molecule has 0 radical (unpaired) electrons. The highest BCUT2D eigenvalue weighted by Crippen LogP contribution is 2.24. The van der Waals surface area contributed by atoms with Crippen molar-refractivity contribution in [1.29, 1.82) is 0 Å². The highest BCUT2D eigenvalue weighted by atomic mass is 16.5. The smallest absolute Gasteiger partial charge is 0.253 e. The van der Waals surface area contributed by atoms with Crippen LogP contribution in [0.2, 0.25) is 0 Å². The maximum atomic E-state index is 12.5. The van der Waals surface area contributed by atoms with Gasteiger partial charge in [0.25, 0.3) is 5.91 Å². The number of nitrogens with zero attached hydrogens (tertiary/aromatic N) is 2. The van der Waals surface area contributed by atoms with Crippen LogP contribution in [0.4, 0.5) is 0 Å². The van der Waals surface area contributed by atoms with E-state index >= 15 is 0 Å². The summed E-state index contributed by atoms with van der Waals surface area (Å²) < 4.78 is 5.84. The minimum absolute atomic E-state index is 0.0427. The summed E-state index contributed by atoms with van der Waals surface area (Å²) in [5, 5.41) is 0. The van der Waals surface area contributed by atoms with Gasteiger partial charge in [-0.1, -0.05) is 18.2 Å². The second-order valence-electron chi connectivity index (χ2n) is 5.71. The highest BCUT2D eigenvalue weighted by molar-refractivity contribution is 5.94. The number of fused-ring (bicyclic) bond motifs is 1. The van der Waals surface area contributed by atoms with Crippen molar-refractivity contribution in [2.75, 3.05) is 32.8 Å². The molecule has 0 saturated carbocycles. The van der Waals surface area contributed by atoms with Crippen LogP contribution in [0.25, 0.3) is 0 Å². The van der Waals surface area contributed by atoms with Gasteiger partial charge in [0.2, 0.25) is 5.91 Å². The van der Waals surface area contributed by atoms with Gasteiger partial charge in [0.1, 0.15) is 0 Å². The van der Waals surface area contributed by atoms with Crippen LogP contribution in [0.15, 0.2) is 30.3 Å². The quantitative estimate of drug-likeness (QED) is 0.775. The largest absolute Gasteiger partial charge is 0.374 e. The van der Waals surface area contributed by atoms with Crippen LogP contribution in [0.3, 0.4) is 0 Å². The van der Waals surface area contributed by atoms with Gasteiger partial charge in [-0.25, -0.2) is 0 Å². The summed E-state index contributed by atoms with van der Waals surface area (Å²) in [5.74, 6) is 0.331. The molecule has 0 spiro atoms. The number of rotatable bonds is 1. The first-order valence-electron chi connectivity index (χ1n) is 7.36. The molecule has 0 aliphatic carbocycles. The van der Waals surface area contributed by atoms with Crippen LogP contribution in [0, 0.1) is 5.92 Å². The number of ether oxygens (including phenoxy) is 1. The zero-order chi connectivity index (χ0) is 14.8. The van der Waals surface area contributed by atoms with Gasteiger partial charge in [-0.05, 0) is 12.1 Å². The second kappa shape index (κ2) is 5.85. The summed E-state index contributed by atoms with van der Waals surface area (Å²) in [7, 11) is 0. The van der Waals surface area contributed by atoms with Crippen LogP contribution >= 0.6 is 0 Å². The van der Waals surface area contributed by atoms with Crippen molar-refractivity contribution < 1.29 is 14.3 Å². The number of hydrogen-bond acceptors (Lipinski definition) is 3. The molecule has 0 unspecified atom stereocenters. The fraction of sp³-hybridized carbons (Fsp3) is 0.500. The molecule has 112 valence electrons. The van der Waals surface area contributed by atoms with Crippen molar-refractivity contribution in [3.63, 3.8) is 0 Å². The van der Waals surface area contributed by atoms with E-state index in [0.717, 1.165) is 0 Å². The van der Waals surface area contributed by atoms with Crippen LogP contribution in [-0.2, 0) is 9.53 Å². The van der Waals surface area contributed by atoms with E-state index in [1.807, 2.05) is 40.1 Å². The maximum absolute atomic E-state index is 12.5. The molecule has 2 saturated heterocycles. The summed E-state index contributed by atoms with van der Waals surface area (Å²) in [6, 6.07) is 9.32. The third kappa shape index (κ3) is 2.93. The topological polar surface area (TPSA) is 49.9 Å². The Kier molecular flexibility index (Phi) is 3.92. The SMILES string of the molecule is CC(=O)N1C[C@@H]2CN(C(=O)c3ccccc3)CCO[C@@H]2C1. The van der Waals surface area contributed by atoms with Crippen molar-refractivity contribution in [2.45, 2.75) is 13.0 Å². The van der Waals surface area contributed by atoms with Gasteiger partial charge in [-0.2, -0.15) is 0 Å². The molecule has 2 fully saturated rings. The van der Waals surface area contributed by atoms with Crippen molar-refractivity contribution >= 4 is 11.8 Å². The standard InChI is InChI=1S/C16H20N2O3/c1-12(19)18-10-14-9-17(7-8-21-15(14)11-18)16(20)13-5-3-2-4-6-13/h2-6,14-15H,7-11H2,1H3/t14-,15+/m0/s1. The van der Waals surface area contributed by atoms with E-state index in [9.17, 15) is 9.59 Å². The molecular weight excluding hydrogens is 268 g/mol. The molecule has 1 aromatic rings. The fourth-order valence-electron chi connectivity index (χ4n) is 3.10. The average molecular weight is 288 g/mol. The Morgan fingerprint density at radius 2 is 1.81 bits per heavy atom. The lowest BCUT2D eigenvalue weighted by Crippen LogP contribution is -2.37. The molecule has 2 aliphatic heterocycles. The first kappa shape index (κ1) is 14.1. The Labute approximate surface area is 124 Å². The molecule has 2 amide bonds. The summed E-state index contributed by atoms with van der Waals surface area (Å²) in [4.78, 5) is 27.7. The lowest BCUT2D eigenvalue weighted by molar-refractivity contribution is -0.128. The van der Waals surface area contributed by atoms with Gasteiger partial charge in [0, 0.05) is 44.6 Å². The normalized spacial score (nSPS) is 25.4. The number of likely N-dealkylation sites (tertiary alicyclic amines) is 1. The van der Waals surface area contributed by atoms with Crippen LogP contribution in [-0.4, -0.2) is 60.5 Å². The second-order valence-corrected chi connectivity index (χ2v) is 5.71. The summed E-state index contributed by atoms with van der Waals surface area (Å²) in [6.45, 7) is 4.71. The third-order valence-corrected chi connectivity index (χ3v) is 4.28. The molecule has 2 aliphatic rings. The van der Waals surface area contributed by atoms with Crippen LogP contribution in [0.5, 0.6) is 0 Å². The molecular formula is C16H20N2O3. The van der Waals surface area contributed by atoms with E-state index in [2.05, 4.69) is 0 Å². The van der Waals surface area contributed by atoms with Crippen LogP contribution < -0.4 is 0 Å². The van der Waals surface area contributed by atoms with Gasteiger partial charge in [-0.3, -0.25) is 9.59 Å². The molecule has 5 nitrogen and oxygen atoms in total. The van der Waals surface area contributed by atoms with E-state index in [0.29, 0.717) is 38.3 Å². The van der Waals surface area contributed by atoms with Gasteiger partial charge in [0.05, 0.1) is 12.7 Å². The number of hydrogen-bond donors (Lipinski definition) is 0. The first-order chi connectivity index (χ1) is 10.1. The average Bonchev–Trinajstić information content (AvgIpc) is 2.80. The molecule has 21 heavy (non-hydrogen) atoms. The zero-order valence-electron chi connectivity index (χ0n) is 12.2. The van der Waals surface area contributed by atoms with E-state index in [4.69, 9.17) is 4.74 Å². The Bertz CT molecular complexity index is 532. The molecule has 1 aromatic carbocycles. The zero-order valence-corrected chi connectivity index (χ0v) is 12.2. The van der Waals surface area contributed by atoms with E-state index < -0.39 is 0 Å². The number of amides is 2. The molecule has 0 N–H and O–H groups in total. The Balaban J connectivity index is 1.71. The van der Waals surface area contributed by atoms with Gasteiger partial charge in [0.15, 0.2) is 0 Å². The van der Waals surface area contributed by atoms with Crippen molar-refractivity contribution in [2.24, 2.45) is 5.92 Å². The lowest BCUT2D eigenvalue weighted by Gasteiger charge is -2.23. The highest BCUT2D eigenvalue weighted by Gasteiger charge is 2.38. The summed E-state index contributed by atoms with van der Waals surface area (Å²) >= 11 is 0. The fourth-order valence-corrected chi connectivity index (χ4v) is 3.10. The van der Waals surface area contributed by atoms with Gasteiger partial charge < -0.3 is 14.5 Å². The van der Waals surface area contributed by atoms with Gasteiger partial charge in [-0.15, -0.1) is 0 Å². The molecule has 2 heterocycles. The number of benzene rings is 1. The Morgan fingerprint density at radius 1 is 1.10 bits per heavy atom. The van der Waals surface area contributed by atoms with Crippen molar-refractivity contribution in [3.8, 4) is 0 Å². The van der Waals surface area contributed by atoms with Crippen LogP contribution in [0.1, 0.15) is 17.3 Å². The minimum Gasteiger partial charge on any atom is -0.374 e. The monoisotopic (exact) mass is 288 g/mol. The predicted octanol–water partition coefficient (Wildman–Crippen LogP) is 1.01. The number of carbonyl (C=O) groups is 2. The molecule has 3 rings (SSSR count). The third-order valence-electron chi connectivity index (χ3n) is 4.28. The molecule has 0 bridgehead atoms. The summed E-state index contributed by atoms with van der Waals surface area (Å²) in [6.07, 6.45) is 0.0578. The van der Waals surface area contributed by atoms with E-state index in [1.54, 1.807) is 6.92 Å². The lowest BCUT2D eigenvalue weighted by atomic mass is 10.1. The predicted molar refractivity (Wildman–Crippen MR) is 77.8 cm³/mol. The molecule has 5 heteroatoms. The van der Waals surface area contributed by atoms with E-state index in [1.165, 1.54) is 0 Å². The minimum atomic E-state index is 0.0427. The Hall–Kier alpha value is -1.88. The van der Waals surface area contributed by atoms with Crippen molar-refractivity contribution in [3.05, 3.63) is 35.9 Å². The maximum Gasteiger partial charge on any atom is 0.253 e.